The third kappa shape index (κ3) is 2.97. The molecule has 94 valence electrons. The minimum atomic E-state index is -0.166. The van der Waals surface area contributed by atoms with E-state index in [1.54, 1.807) is 0 Å². The van der Waals surface area contributed by atoms with E-state index in [2.05, 4.69) is 17.3 Å². The van der Waals surface area contributed by atoms with Crippen LogP contribution in [-0.4, -0.2) is 26.2 Å². The second-order valence-corrected chi connectivity index (χ2v) is 4.88. The molecule has 0 bridgehead atoms. The third-order valence-electron chi connectivity index (χ3n) is 3.89. The van der Waals surface area contributed by atoms with Crippen molar-refractivity contribution in [1.82, 2.24) is 5.32 Å². The summed E-state index contributed by atoms with van der Waals surface area (Å²) in [5, 5.41) is 3.34. The summed E-state index contributed by atoms with van der Waals surface area (Å²) in [6.45, 7) is 0. The SMILES string of the molecule is CNC1CCC(N(C)c2ccc(F)cc2)CC1. The van der Waals surface area contributed by atoms with Gasteiger partial charge in [-0.1, -0.05) is 0 Å². The van der Waals surface area contributed by atoms with Crippen molar-refractivity contribution >= 4 is 5.69 Å². The third-order valence-corrected chi connectivity index (χ3v) is 3.89. The fourth-order valence-electron chi connectivity index (χ4n) is 2.64. The minimum Gasteiger partial charge on any atom is -0.372 e. The van der Waals surface area contributed by atoms with Gasteiger partial charge in [-0.25, -0.2) is 4.39 Å². The van der Waals surface area contributed by atoms with Crippen LogP contribution in [-0.2, 0) is 0 Å². The average Bonchev–Trinajstić information content (AvgIpc) is 2.39. The number of anilines is 1. The van der Waals surface area contributed by atoms with E-state index in [9.17, 15) is 4.39 Å². The van der Waals surface area contributed by atoms with Gasteiger partial charge in [0.1, 0.15) is 5.82 Å². The molecule has 3 heteroatoms. The van der Waals surface area contributed by atoms with E-state index >= 15 is 0 Å². The van der Waals surface area contributed by atoms with Crippen molar-refractivity contribution in [1.29, 1.82) is 0 Å². The topological polar surface area (TPSA) is 15.3 Å². The lowest BCUT2D eigenvalue weighted by molar-refractivity contribution is 0.351. The van der Waals surface area contributed by atoms with Crippen LogP contribution < -0.4 is 10.2 Å². The lowest BCUT2D eigenvalue weighted by Crippen LogP contribution is -2.39. The number of hydrogen-bond acceptors (Lipinski definition) is 2. The molecule has 0 aliphatic heterocycles. The molecule has 0 unspecified atom stereocenters. The van der Waals surface area contributed by atoms with Gasteiger partial charge < -0.3 is 10.2 Å². The van der Waals surface area contributed by atoms with Crippen LogP contribution in [0.15, 0.2) is 24.3 Å². The van der Waals surface area contributed by atoms with Crippen molar-refractivity contribution in [2.45, 2.75) is 37.8 Å². The molecule has 1 aliphatic carbocycles. The Morgan fingerprint density at radius 1 is 1.12 bits per heavy atom. The van der Waals surface area contributed by atoms with E-state index in [-0.39, 0.29) is 5.82 Å². The molecule has 0 aromatic heterocycles. The molecule has 0 spiro atoms. The summed E-state index contributed by atoms with van der Waals surface area (Å²) in [5.74, 6) is -0.166. The number of benzene rings is 1. The summed E-state index contributed by atoms with van der Waals surface area (Å²) >= 11 is 0. The maximum Gasteiger partial charge on any atom is 0.123 e. The number of rotatable bonds is 3. The fourth-order valence-corrected chi connectivity index (χ4v) is 2.64. The number of nitrogens with one attached hydrogen (secondary N) is 1. The zero-order valence-corrected chi connectivity index (χ0v) is 10.6. The van der Waals surface area contributed by atoms with Crippen molar-refractivity contribution < 1.29 is 4.39 Å². The molecule has 1 aliphatic rings. The van der Waals surface area contributed by atoms with E-state index in [0.29, 0.717) is 12.1 Å². The first-order valence-corrected chi connectivity index (χ1v) is 6.36. The van der Waals surface area contributed by atoms with Gasteiger partial charge in [-0.3, -0.25) is 0 Å². The van der Waals surface area contributed by atoms with Gasteiger partial charge in [0.25, 0.3) is 0 Å². The standard InChI is InChI=1S/C14H21FN2/c1-16-12-5-9-14(10-6-12)17(2)13-7-3-11(15)4-8-13/h3-4,7-8,12,14,16H,5-6,9-10H2,1-2H3. The second kappa shape index (κ2) is 5.50. The van der Waals surface area contributed by atoms with Crippen LogP contribution in [0.4, 0.5) is 10.1 Å². The maximum absolute atomic E-state index is 12.9. The molecule has 2 rings (SSSR count). The quantitative estimate of drug-likeness (QED) is 0.868. The van der Waals surface area contributed by atoms with Gasteiger partial charge in [0.2, 0.25) is 0 Å². The van der Waals surface area contributed by atoms with Crippen molar-refractivity contribution in [3.05, 3.63) is 30.1 Å². The van der Waals surface area contributed by atoms with Gasteiger partial charge in [-0.05, 0) is 57.0 Å². The number of hydrogen-bond donors (Lipinski definition) is 1. The molecule has 2 nitrogen and oxygen atoms in total. The largest absolute Gasteiger partial charge is 0.372 e. The zero-order valence-electron chi connectivity index (χ0n) is 10.6. The van der Waals surface area contributed by atoms with Gasteiger partial charge in [0, 0.05) is 24.8 Å². The van der Waals surface area contributed by atoms with E-state index in [4.69, 9.17) is 0 Å². The molecule has 1 aromatic rings. The van der Waals surface area contributed by atoms with E-state index in [1.165, 1.54) is 37.8 Å². The van der Waals surface area contributed by atoms with Gasteiger partial charge >= 0.3 is 0 Å². The van der Waals surface area contributed by atoms with E-state index in [0.717, 1.165) is 5.69 Å². The first-order valence-electron chi connectivity index (χ1n) is 6.36. The Balaban J connectivity index is 1.96. The summed E-state index contributed by atoms with van der Waals surface area (Å²) in [6, 6.07) is 8.05. The molecule has 0 amide bonds. The summed E-state index contributed by atoms with van der Waals surface area (Å²) in [5.41, 5.74) is 1.11. The lowest BCUT2D eigenvalue weighted by Gasteiger charge is -2.36. The average molecular weight is 236 g/mol. The highest BCUT2D eigenvalue weighted by Gasteiger charge is 2.23. The van der Waals surface area contributed by atoms with E-state index < -0.39 is 0 Å². The summed E-state index contributed by atoms with van der Waals surface area (Å²) < 4.78 is 12.9. The molecular formula is C14H21FN2. The maximum atomic E-state index is 12.9. The molecule has 17 heavy (non-hydrogen) atoms. The highest BCUT2D eigenvalue weighted by molar-refractivity contribution is 5.46. The highest BCUT2D eigenvalue weighted by Crippen LogP contribution is 2.26. The first-order chi connectivity index (χ1) is 8.20. The smallest absolute Gasteiger partial charge is 0.123 e. The Labute approximate surface area is 103 Å². The Morgan fingerprint density at radius 3 is 2.24 bits per heavy atom. The van der Waals surface area contributed by atoms with Crippen LogP contribution in [0.2, 0.25) is 0 Å². The molecule has 1 aromatic carbocycles. The molecule has 0 saturated heterocycles. The minimum absolute atomic E-state index is 0.166. The second-order valence-electron chi connectivity index (χ2n) is 4.88. The first kappa shape index (κ1) is 12.4. The lowest BCUT2D eigenvalue weighted by atomic mass is 9.90. The Hall–Kier alpha value is -1.09. The van der Waals surface area contributed by atoms with Crippen LogP contribution in [0.1, 0.15) is 25.7 Å². The molecule has 1 N–H and O–H groups in total. The van der Waals surface area contributed by atoms with E-state index in [1.807, 2.05) is 19.2 Å². The van der Waals surface area contributed by atoms with Crippen LogP contribution >= 0.6 is 0 Å². The fraction of sp³-hybridized carbons (Fsp3) is 0.571. The number of nitrogens with zero attached hydrogens (tertiary/aromatic N) is 1. The van der Waals surface area contributed by atoms with Crippen molar-refractivity contribution in [2.24, 2.45) is 0 Å². The molecular weight excluding hydrogens is 215 g/mol. The van der Waals surface area contributed by atoms with Crippen LogP contribution in [0.5, 0.6) is 0 Å². The van der Waals surface area contributed by atoms with Crippen molar-refractivity contribution in [2.75, 3.05) is 19.0 Å². The molecule has 1 fully saturated rings. The highest BCUT2D eigenvalue weighted by atomic mass is 19.1. The monoisotopic (exact) mass is 236 g/mol. The summed E-state index contributed by atoms with van der Waals surface area (Å²) in [4.78, 5) is 2.28. The van der Waals surface area contributed by atoms with Crippen molar-refractivity contribution in [3.8, 4) is 0 Å². The molecule has 0 atom stereocenters. The normalized spacial score (nSPS) is 24.6. The summed E-state index contributed by atoms with van der Waals surface area (Å²) in [6.07, 6.45) is 4.87. The Kier molecular flexibility index (Phi) is 4.00. The van der Waals surface area contributed by atoms with Crippen LogP contribution in [0.25, 0.3) is 0 Å². The van der Waals surface area contributed by atoms with Gasteiger partial charge in [-0.2, -0.15) is 0 Å². The van der Waals surface area contributed by atoms with Crippen molar-refractivity contribution in [3.63, 3.8) is 0 Å². The Bertz CT molecular complexity index is 342. The molecule has 1 saturated carbocycles. The summed E-state index contributed by atoms with van der Waals surface area (Å²) in [7, 11) is 4.15. The number of halogens is 1. The van der Waals surface area contributed by atoms with Gasteiger partial charge in [-0.15, -0.1) is 0 Å². The van der Waals surface area contributed by atoms with Gasteiger partial charge in [0.15, 0.2) is 0 Å². The Morgan fingerprint density at radius 2 is 1.71 bits per heavy atom. The predicted molar refractivity (Wildman–Crippen MR) is 69.9 cm³/mol. The predicted octanol–water partition coefficient (Wildman–Crippen LogP) is 2.79. The zero-order chi connectivity index (χ0) is 12.3. The van der Waals surface area contributed by atoms with Gasteiger partial charge in [0.05, 0.1) is 0 Å². The molecule has 0 heterocycles. The van der Waals surface area contributed by atoms with Crippen LogP contribution in [0.3, 0.4) is 0 Å². The van der Waals surface area contributed by atoms with Crippen LogP contribution in [0, 0.1) is 5.82 Å². The molecule has 0 radical (unpaired) electrons.